The molecule has 0 bridgehead atoms. The van der Waals surface area contributed by atoms with Gasteiger partial charge in [-0.15, -0.1) is 0 Å². The second kappa shape index (κ2) is 9.00. The number of nitrogens with one attached hydrogen (secondary N) is 3. The Hall–Kier alpha value is -1.64. The van der Waals surface area contributed by atoms with Crippen LogP contribution in [0.25, 0.3) is 0 Å². The maximum atomic E-state index is 13.0. The lowest BCUT2D eigenvalue weighted by Crippen LogP contribution is -2.51. The van der Waals surface area contributed by atoms with Crippen molar-refractivity contribution in [2.75, 3.05) is 13.2 Å². The van der Waals surface area contributed by atoms with Gasteiger partial charge in [-0.3, -0.25) is 15.6 Å². The van der Waals surface area contributed by atoms with Crippen molar-refractivity contribution in [3.8, 4) is 5.75 Å². The van der Waals surface area contributed by atoms with E-state index in [2.05, 4.69) is 16.2 Å². The summed E-state index contributed by atoms with van der Waals surface area (Å²) in [5.41, 5.74) is 5.02. The molecule has 1 aromatic carbocycles. The van der Waals surface area contributed by atoms with Crippen LogP contribution in [0.15, 0.2) is 18.2 Å². The summed E-state index contributed by atoms with van der Waals surface area (Å²) in [7, 11) is 0. The van der Waals surface area contributed by atoms with Crippen LogP contribution >= 0.6 is 23.8 Å². The molecule has 1 aliphatic rings. The van der Waals surface area contributed by atoms with E-state index in [-0.39, 0.29) is 22.0 Å². The number of halogens is 2. The fourth-order valence-corrected chi connectivity index (χ4v) is 2.44. The van der Waals surface area contributed by atoms with Gasteiger partial charge in [0.1, 0.15) is 11.6 Å². The molecule has 1 aromatic rings. The van der Waals surface area contributed by atoms with Crippen molar-refractivity contribution in [1.82, 2.24) is 16.2 Å². The number of rotatable bonds is 5. The van der Waals surface area contributed by atoms with Gasteiger partial charge >= 0.3 is 0 Å². The van der Waals surface area contributed by atoms with Crippen LogP contribution in [0.2, 0.25) is 5.02 Å². The standard InChI is InChI=1S/C15H19ClFN3O3S/c1-9(23-13-5-4-10(17)7-12(13)16)14(21)19-20-15(24)18-8-11-3-2-6-22-11/h4-5,7,9,11H,2-3,6,8H2,1H3,(H,19,21)(H2,18,20,24). The van der Waals surface area contributed by atoms with Gasteiger partial charge in [0, 0.05) is 13.2 Å². The lowest BCUT2D eigenvalue weighted by molar-refractivity contribution is -0.127. The predicted molar refractivity (Wildman–Crippen MR) is 92.4 cm³/mol. The first-order valence-electron chi connectivity index (χ1n) is 7.52. The molecule has 1 saturated heterocycles. The summed E-state index contributed by atoms with van der Waals surface area (Å²) in [5, 5.41) is 3.34. The number of benzene rings is 1. The zero-order valence-corrected chi connectivity index (χ0v) is 14.7. The third-order valence-corrected chi connectivity index (χ3v) is 3.92. The Morgan fingerprint density at radius 2 is 2.33 bits per heavy atom. The maximum Gasteiger partial charge on any atom is 0.279 e. The second-order valence-electron chi connectivity index (χ2n) is 5.29. The minimum absolute atomic E-state index is 0.0939. The SMILES string of the molecule is CC(Oc1ccc(F)cc1Cl)C(=O)NNC(=S)NCC1CCCO1. The Morgan fingerprint density at radius 1 is 1.54 bits per heavy atom. The molecule has 0 radical (unpaired) electrons. The Morgan fingerprint density at radius 3 is 3.00 bits per heavy atom. The number of hydrazine groups is 1. The minimum Gasteiger partial charge on any atom is -0.479 e. The molecule has 1 heterocycles. The summed E-state index contributed by atoms with van der Waals surface area (Å²) < 4.78 is 23.8. The number of ether oxygens (including phenoxy) is 2. The normalized spacial score (nSPS) is 17.9. The number of carbonyl (C=O) groups excluding carboxylic acids is 1. The fourth-order valence-electron chi connectivity index (χ4n) is 2.09. The summed E-state index contributed by atoms with van der Waals surface area (Å²) in [6, 6.07) is 3.68. The van der Waals surface area contributed by atoms with Crippen molar-refractivity contribution in [2.45, 2.75) is 32.0 Å². The Labute approximate surface area is 150 Å². The molecule has 1 aliphatic heterocycles. The van der Waals surface area contributed by atoms with Gasteiger partial charge in [0.15, 0.2) is 11.2 Å². The van der Waals surface area contributed by atoms with Gasteiger partial charge in [-0.1, -0.05) is 11.6 Å². The molecule has 3 N–H and O–H groups in total. The highest BCUT2D eigenvalue weighted by molar-refractivity contribution is 7.80. The van der Waals surface area contributed by atoms with Crippen molar-refractivity contribution >= 4 is 34.8 Å². The first kappa shape index (κ1) is 18.7. The van der Waals surface area contributed by atoms with E-state index < -0.39 is 17.8 Å². The Balaban J connectivity index is 1.71. The van der Waals surface area contributed by atoms with Gasteiger partial charge in [0.2, 0.25) is 0 Å². The second-order valence-corrected chi connectivity index (χ2v) is 6.11. The molecule has 0 aliphatic carbocycles. The summed E-state index contributed by atoms with van der Waals surface area (Å²) in [4.78, 5) is 12.0. The molecular weight excluding hydrogens is 357 g/mol. The third kappa shape index (κ3) is 5.77. The van der Waals surface area contributed by atoms with Crippen molar-refractivity contribution in [3.05, 3.63) is 29.0 Å². The molecule has 0 spiro atoms. The van der Waals surface area contributed by atoms with E-state index in [9.17, 15) is 9.18 Å². The van der Waals surface area contributed by atoms with Gasteiger partial charge < -0.3 is 14.8 Å². The lowest BCUT2D eigenvalue weighted by Gasteiger charge is -2.18. The summed E-state index contributed by atoms with van der Waals surface area (Å²) in [6.45, 7) is 2.89. The number of thiocarbonyl (C=S) groups is 1. The molecule has 2 atom stereocenters. The van der Waals surface area contributed by atoms with Crippen LogP contribution in [0.4, 0.5) is 4.39 Å². The fraction of sp³-hybridized carbons (Fsp3) is 0.467. The quantitative estimate of drug-likeness (QED) is 0.539. The van der Waals surface area contributed by atoms with Crippen molar-refractivity contribution < 1.29 is 18.7 Å². The highest BCUT2D eigenvalue weighted by Gasteiger charge is 2.18. The van der Waals surface area contributed by atoms with Gasteiger partial charge in [0.25, 0.3) is 5.91 Å². The van der Waals surface area contributed by atoms with Gasteiger partial charge in [-0.25, -0.2) is 4.39 Å². The predicted octanol–water partition coefficient (Wildman–Crippen LogP) is 1.92. The smallest absolute Gasteiger partial charge is 0.279 e. The van der Waals surface area contributed by atoms with Crippen LogP contribution < -0.4 is 20.9 Å². The van der Waals surface area contributed by atoms with Gasteiger partial charge in [-0.05, 0) is 50.2 Å². The number of carbonyl (C=O) groups is 1. The zero-order chi connectivity index (χ0) is 17.5. The minimum atomic E-state index is -0.846. The number of amides is 1. The molecule has 2 unspecified atom stereocenters. The summed E-state index contributed by atoms with van der Waals surface area (Å²) in [6.07, 6.45) is 1.33. The van der Waals surface area contributed by atoms with E-state index >= 15 is 0 Å². The zero-order valence-electron chi connectivity index (χ0n) is 13.1. The average molecular weight is 376 g/mol. The van der Waals surface area contributed by atoms with Crippen molar-refractivity contribution in [1.29, 1.82) is 0 Å². The summed E-state index contributed by atoms with van der Waals surface area (Å²) >= 11 is 10.9. The molecule has 2 rings (SSSR count). The topological polar surface area (TPSA) is 71.6 Å². The molecule has 1 fully saturated rings. The molecule has 132 valence electrons. The van der Waals surface area contributed by atoms with E-state index in [1.54, 1.807) is 6.92 Å². The third-order valence-electron chi connectivity index (χ3n) is 3.38. The monoisotopic (exact) mass is 375 g/mol. The number of hydrogen-bond acceptors (Lipinski definition) is 4. The Bertz CT molecular complexity index is 599. The van der Waals surface area contributed by atoms with Gasteiger partial charge in [-0.2, -0.15) is 0 Å². The molecular formula is C15H19ClFN3O3S. The maximum absolute atomic E-state index is 13.0. The van der Waals surface area contributed by atoms with Crippen LogP contribution in [0, 0.1) is 5.82 Å². The molecule has 6 nitrogen and oxygen atoms in total. The van der Waals surface area contributed by atoms with E-state index in [0.717, 1.165) is 25.5 Å². The molecule has 24 heavy (non-hydrogen) atoms. The van der Waals surface area contributed by atoms with E-state index in [1.165, 1.54) is 12.1 Å². The first-order chi connectivity index (χ1) is 11.5. The largest absolute Gasteiger partial charge is 0.479 e. The van der Waals surface area contributed by atoms with Gasteiger partial charge in [0.05, 0.1) is 11.1 Å². The van der Waals surface area contributed by atoms with Crippen LogP contribution in [0.5, 0.6) is 5.75 Å². The van der Waals surface area contributed by atoms with Crippen molar-refractivity contribution in [3.63, 3.8) is 0 Å². The molecule has 0 saturated carbocycles. The van der Waals surface area contributed by atoms with E-state index in [4.69, 9.17) is 33.3 Å². The van der Waals surface area contributed by atoms with Crippen molar-refractivity contribution in [2.24, 2.45) is 0 Å². The van der Waals surface area contributed by atoms with Crippen LogP contribution in [-0.2, 0) is 9.53 Å². The lowest BCUT2D eigenvalue weighted by atomic mass is 10.2. The molecule has 1 amide bonds. The van der Waals surface area contributed by atoms with Crippen LogP contribution in [-0.4, -0.2) is 36.4 Å². The highest BCUT2D eigenvalue weighted by Crippen LogP contribution is 2.25. The number of hydrogen-bond donors (Lipinski definition) is 3. The van der Waals surface area contributed by atoms with Crippen LogP contribution in [0.1, 0.15) is 19.8 Å². The van der Waals surface area contributed by atoms with E-state index in [1.807, 2.05) is 0 Å². The van der Waals surface area contributed by atoms with E-state index in [0.29, 0.717) is 6.54 Å². The van der Waals surface area contributed by atoms with Crippen LogP contribution in [0.3, 0.4) is 0 Å². The average Bonchev–Trinajstić information content (AvgIpc) is 3.06. The molecule has 9 heteroatoms. The summed E-state index contributed by atoms with van der Waals surface area (Å²) in [5.74, 6) is -0.703. The Kier molecular flexibility index (Phi) is 7.01. The first-order valence-corrected chi connectivity index (χ1v) is 8.31. The molecule has 0 aromatic heterocycles. The highest BCUT2D eigenvalue weighted by atomic mass is 35.5.